The van der Waals surface area contributed by atoms with Gasteiger partial charge in [-0.15, -0.1) is 0 Å². The fourth-order valence-electron chi connectivity index (χ4n) is 1.32. The zero-order valence-corrected chi connectivity index (χ0v) is 11.1. The first-order chi connectivity index (χ1) is 8.11. The zero-order chi connectivity index (χ0) is 13.1. The van der Waals surface area contributed by atoms with Gasteiger partial charge in [0.15, 0.2) is 0 Å². The highest BCUT2D eigenvalue weighted by atomic mass is 16.5. The molecule has 0 aromatic carbocycles. The van der Waals surface area contributed by atoms with Crippen LogP contribution >= 0.6 is 0 Å². The standard InChI is InChI=1S/C12H24N2O3/c1-4-5-7-12(16)14(2)10-11(15)13-8-6-9-17-3/h4-10H2,1-3H3,(H,13,15). The van der Waals surface area contributed by atoms with Crippen LogP contribution in [0.5, 0.6) is 0 Å². The van der Waals surface area contributed by atoms with Crippen molar-refractivity contribution in [2.24, 2.45) is 0 Å². The minimum absolute atomic E-state index is 0.0268. The fraction of sp³-hybridized carbons (Fsp3) is 0.833. The van der Waals surface area contributed by atoms with Gasteiger partial charge in [0.2, 0.25) is 11.8 Å². The van der Waals surface area contributed by atoms with E-state index in [-0.39, 0.29) is 18.4 Å². The Morgan fingerprint density at radius 1 is 1.29 bits per heavy atom. The van der Waals surface area contributed by atoms with E-state index in [4.69, 9.17) is 4.74 Å². The Bertz CT molecular complexity index is 232. The van der Waals surface area contributed by atoms with Crippen LogP contribution in [0.15, 0.2) is 0 Å². The van der Waals surface area contributed by atoms with Gasteiger partial charge in [-0.2, -0.15) is 0 Å². The zero-order valence-electron chi connectivity index (χ0n) is 11.1. The van der Waals surface area contributed by atoms with Gasteiger partial charge in [-0.05, 0) is 12.8 Å². The third-order valence-corrected chi connectivity index (χ3v) is 2.40. The maximum Gasteiger partial charge on any atom is 0.239 e. The summed E-state index contributed by atoms with van der Waals surface area (Å²) in [5.74, 6) is -0.0904. The molecule has 0 rings (SSSR count). The smallest absolute Gasteiger partial charge is 0.239 e. The summed E-state index contributed by atoms with van der Waals surface area (Å²) < 4.78 is 4.87. The van der Waals surface area contributed by atoms with Gasteiger partial charge in [-0.25, -0.2) is 0 Å². The molecule has 0 spiro atoms. The summed E-state index contributed by atoms with van der Waals surface area (Å²) >= 11 is 0. The van der Waals surface area contributed by atoms with Gasteiger partial charge >= 0.3 is 0 Å². The van der Waals surface area contributed by atoms with Crippen LogP contribution in [-0.2, 0) is 14.3 Å². The summed E-state index contributed by atoms with van der Waals surface area (Å²) in [6.45, 7) is 3.39. The molecule has 0 aliphatic carbocycles. The van der Waals surface area contributed by atoms with E-state index >= 15 is 0 Å². The number of carbonyl (C=O) groups excluding carboxylic acids is 2. The molecule has 0 aromatic rings. The first-order valence-electron chi connectivity index (χ1n) is 6.11. The van der Waals surface area contributed by atoms with Gasteiger partial charge in [0.05, 0.1) is 6.54 Å². The van der Waals surface area contributed by atoms with Crippen molar-refractivity contribution in [1.29, 1.82) is 0 Å². The Balaban J connectivity index is 3.67. The summed E-state index contributed by atoms with van der Waals surface area (Å²) in [7, 11) is 3.29. The van der Waals surface area contributed by atoms with Crippen LogP contribution in [0.25, 0.3) is 0 Å². The summed E-state index contributed by atoms with van der Waals surface area (Å²) in [5.41, 5.74) is 0. The molecule has 0 aromatic heterocycles. The van der Waals surface area contributed by atoms with E-state index in [1.54, 1.807) is 14.2 Å². The number of methoxy groups -OCH3 is 1. The van der Waals surface area contributed by atoms with E-state index in [1.165, 1.54) is 4.90 Å². The first kappa shape index (κ1) is 15.9. The van der Waals surface area contributed by atoms with E-state index in [1.807, 2.05) is 6.92 Å². The summed E-state index contributed by atoms with van der Waals surface area (Å²) in [6, 6.07) is 0. The average Bonchev–Trinajstić information content (AvgIpc) is 2.31. The van der Waals surface area contributed by atoms with E-state index in [2.05, 4.69) is 5.32 Å². The molecule has 0 radical (unpaired) electrons. The van der Waals surface area contributed by atoms with Crippen LogP contribution < -0.4 is 5.32 Å². The Kier molecular flexibility index (Phi) is 9.43. The van der Waals surface area contributed by atoms with Crippen LogP contribution in [0.2, 0.25) is 0 Å². The lowest BCUT2D eigenvalue weighted by Gasteiger charge is -2.16. The normalized spacial score (nSPS) is 10.1. The lowest BCUT2D eigenvalue weighted by atomic mass is 10.2. The monoisotopic (exact) mass is 244 g/mol. The molecular weight excluding hydrogens is 220 g/mol. The number of hydrogen-bond acceptors (Lipinski definition) is 3. The van der Waals surface area contributed by atoms with Crippen molar-refractivity contribution in [2.45, 2.75) is 32.6 Å². The number of rotatable bonds is 9. The Labute approximate surface area is 103 Å². The second kappa shape index (κ2) is 10.1. The molecule has 0 heterocycles. The maximum absolute atomic E-state index is 11.5. The van der Waals surface area contributed by atoms with Crippen LogP contribution in [0.3, 0.4) is 0 Å². The molecule has 2 amide bonds. The second-order valence-corrected chi connectivity index (χ2v) is 4.05. The Morgan fingerprint density at radius 3 is 2.59 bits per heavy atom. The van der Waals surface area contributed by atoms with E-state index in [9.17, 15) is 9.59 Å². The van der Waals surface area contributed by atoms with Gasteiger partial charge in [0.1, 0.15) is 0 Å². The molecule has 0 aliphatic heterocycles. The van der Waals surface area contributed by atoms with Gasteiger partial charge < -0.3 is 15.0 Å². The maximum atomic E-state index is 11.5. The van der Waals surface area contributed by atoms with E-state index in [0.717, 1.165) is 19.3 Å². The molecule has 5 nitrogen and oxygen atoms in total. The van der Waals surface area contributed by atoms with Crippen LogP contribution in [0, 0.1) is 0 Å². The molecular formula is C12H24N2O3. The Morgan fingerprint density at radius 2 is 2.00 bits per heavy atom. The molecule has 0 saturated carbocycles. The molecule has 1 N–H and O–H groups in total. The van der Waals surface area contributed by atoms with Crippen LogP contribution in [-0.4, -0.2) is 50.6 Å². The molecule has 0 saturated heterocycles. The van der Waals surface area contributed by atoms with Crippen molar-refractivity contribution in [2.75, 3.05) is 33.9 Å². The SMILES string of the molecule is CCCCC(=O)N(C)CC(=O)NCCCOC. The molecule has 0 atom stereocenters. The minimum atomic E-state index is -0.117. The number of amides is 2. The molecule has 0 unspecified atom stereocenters. The third kappa shape index (κ3) is 8.68. The van der Waals surface area contributed by atoms with Gasteiger partial charge in [0.25, 0.3) is 0 Å². The molecule has 0 bridgehead atoms. The number of hydrogen-bond donors (Lipinski definition) is 1. The van der Waals surface area contributed by atoms with Crippen LogP contribution in [0.1, 0.15) is 32.6 Å². The quantitative estimate of drug-likeness (QED) is 0.610. The number of carbonyl (C=O) groups is 2. The number of likely N-dealkylation sites (N-methyl/N-ethyl adjacent to an activating group) is 1. The lowest BCUT2D eigenvalue weighted by molar-refractivity contribution is -0.134. The average molecular weight is 244 g/mol. The predicted octanol–water partition coefficient (Wildman–Crippen LogP) is 0.788. The summed E-state index contributed by atoms with van der Waals surface area (Å²) in [6.07, 6.45) is 3.17. The summed E-state index contributed by atoms with van der Waals surface area (Å²) in [5, 5.41) is 2.75. The molecule has 17 heavy (non-hydrogen) atoms. The minimum Gasteiger partial charge on any atom is -0.385 e. The number of nitrogens with one attached hydrogen (secondary N) is 1. The van der Waals surface area contributed by atoms with Crippen molar-refractivity contribution in [1.82, 2.24) is 10.2 Å². The highest BCUT2D eigenvalue weighted by Crippen LogP contribution is 1.98. The number of ether oxygens (including phenoxy) is 1. The highest BCUT2D eigenvalue weighted by molar-refractivity contribution is 5.84. The largest absolute Gasteiger partial charge is 0.385 e. The van der Waals surface area contributed by atoms with Crippen molar-refractivity contribution in [3.8, 4) is 0 Å². The third-order valence-electron chi connectivity index (χ3n) is 2.40. The lowest BCUT2D eigenvalue weighted by Crippen LogP contribution is -2.38. The highest BCUT2D eigenvalue weighted by Gasteiger charge is 2.11. The van der Waals surface area contributed by atoms with Gasteiger partial charge in [0, 0.05) is 33.7 Å². The Hall–Kier alpha value is -1.10. The second-order valence-electron chi connectivity index (χ2n) is 4.05. The number of unbranched alkanes of at least 4 members (excludes halogenated alkanes) is 1. The molecule has 5 heteroatoms. The topological polar surface area (TPSA) is 58.6 Å². The van der Waals surface area contributed by atoms with Gasteiger partial charge in [-0.3, -0.25) is 9.59 Å². The summed E-state index contributed by atoms with van der Waals surface area (Å²) in [4.78, 5) is 24.5. The van der Waals surface area contributed by atoms with Crippen molar-refractivity contribution < 1.29 is 14.3 Å². The predicted molar refractivity (Wildman–Crippen MR) is 66.7 cm³/mol. The van der Waals surface area contributed by atoms with Crippen molar-refractivity contribution in [3.63, 3.8) is 0 Å². The van der Waals surface area contributed by atoms with E-state index < -0.39 is 0 Å². The van der Waals surface area contributed by atoms with Crippen molar-refractivity contribution >= 4 is 11.8 Å². The number of nitrogens with zero attached hydrogens (tertiary/aromatic N) is 1. The van der Waals surface area contributed by atoms with E-state index in [0.29, 0.717) is 19.6 Å². The molecule has 0 fully saturated rings. The van der Waals surface area contributed by atoms with Gasteiger partial charge in [-0.1, -0.05) is 13.3 Å². The van der Waals surface area contributed by atoms with Crippen molar-refractivity contribution in [3.05, 3.63) is 0 Å². The fourth-order valence-corrected chi connectivity index (χ4v) is 1.32. The molecule has 0 aliphatic rings. The van der Waals surface area contributed by atoms with Crippen LogP contribution in [0.4, 0.5) is 0 Å². The first-order valence-corrected chi connectivity index (χ1v) is 6.11. The molecule has 100 valence electrons.